The molecule has 3 aromatic rings. The van der Waals surface area contributed by atoms with Crippen molar-refractivity contribution in [2.75, 3.05) is 33.3 Å². The van der Waals surface area contributed by atoms with Crippen LogP contribution >= 0.6 is 24.8 Å². The van der Waals surface area contributed by atoms with Gasteiger partial charge in [-0.2, -0.15) is 0 Å². The molecule has 8 heteroatoms. The number of aliphatic imine (C=N–C) groups is 2. The summed E-state index contributed by atoms with van der Waals surface area (Å²) in [6, 6.07) is 14.3. The molecule has 0 spiro atoms. The van der Waals surface area contributed by atoms with Crippen molar-refractivity contribution < 1.29 is 9.15 Å². The van der Waals surface area contributed by atoms with Gasteiger partial charge in [-0.05, 0) is 30.3 Å². The summed E-state index contributed by atoms with van der Waals surface area (Å²) < 4.78 is 11.8. The van der Waals surface area contributed by atoms with E-state index < -0.39 is 0 Å². The van der Waals surface area contributed by atoms with Crippen molar-refractivity contribution in [3.8, 4) is 17.1 Å². The number of halogens is 2. The number of nitrogens with one attached hydrogen (secondary N) is 2. The second-order valence-corrected chi connectivity index (χ2v) is 6.59. The number of hydrogen-bond donors (Lipinski definition) is 2. The Bertz CT molecular complexity index is 1090. The first-order chi connectivity index (χ1) is 13.3. The van der Waals surface area contributed by atoms with Gasteiger partial charge in [0, 0.05) is 29.6 Å². The normalized spacial score (nSPS) is 14.9. The Balaban J connectivity index is 0.00000120. The predicted molar refractivity (Wildman–Crippen MR) is 122 cm³/mol. The first-order valence-electron chi connectivity index (χ1n) is 9.11. The first kappa shape index (κ1) is 21.0. The maximum Gasteiger partial charge on any atom is 0.139 e. The van der Waals surface area contributed by atoms with Crippen molar-refractivity contribution >= 4 is 47.5 Å². The third-order valence-electron chi connectivity index (χ3n) is 4.88. The molecule has 0 bridgehead atoms. The number of methoxy groups -OCH3 is 1. The second kappa shape index (κ2) is 8.76. The van der Waals surface area contributed by atoms with E-state index in [1.165, 1.54) is 0 Å². The fourth-order valence-corrected chi connectivity index (χ4v) is 3.54. The molecule has 0 saturated heterocycles. The Morgan fingerprint density at radius 1 is 0.862 bits per heavy atom. The van der Waals surface area contributed by atoms with Crippen molar-refractivity contribution in [3.05, 3.63) is 53.6 Å². The van der Waals surface area contributed by atoms with Crippen LogP contribution in [0.4, 0.5) is 0 Å². The summed E-state index contributed by atoms with van der Waals surface area (Å²) in [5.74, 6) is 3.40. The Morgan fingerprint density at radius 2 is 1.52 bits per heavy atom. The van der Waals surface area contributed by atoms with Crippen LogP contribution in [0, 0.1) is 0 Å². The molecule has 29 heavy (non-hydrogen) atoms. The Hall–Kier alpha value is -2.70. The Kier molecular flexibility index (Phi) is 6.35. The van der Waals surface area contributed by atoms with E-state index in [1.807, 2.05) is 18.2 Å². The van der Waals surface area contributed by atoms with Gasteiger partial charge in [0.05, 0.1) is 25.8 Å². The lowest BCUT2D eigenvalue weighted by Crippen LogP contribution is -2.19. The highest BCUT2D eigenvalue weighted by Gasteiger charge is 2.17. The van der Waals surface area contributed by atoms with E-state index in [-0.39, 0.29) is 24.8 Å². The summed E-state index contributed by atoms with van der Waals surface area (Å²) in [6.45, 7) is 3.39. The zero-order chi connectivity index (χ0) is 18.2. The number of furan rings is 1. The van der Waals surface area contributed by atoms with Gasteiger partial charge in [-0.25, -0.2) is 0 Å². The number of benzene rings is 2. The number of hydrogen-bond acceptors (Lipinski definition) is 6. The molecule has 5 rings (SSSR count). The van der Waals surface area contributed by atoms with E-state index in [0.717, 1.165) is 77.0 Å². The molecule has 2 aliphatic rings. The molecule has 2 N–H and O–H groups in total. The molecular formula is C21H22Cl2N4O2. The van der Waals surface area contributed by atoms with Crippen LogP contribution in [0.15, 0.2) is 56.9 Å². The fourth-order valence-electron chi connectivity index (χ4n) is 3.54. The minimum absolute atomic E-state index is 0. The Morgan fingerprint density at radius 3 is 2.14 bits per heavy atom. The zero-order valence-electron chi connectivity index (χ0n) is 15.9. The number of nitrogens with zero attached hydrogens (tertiary/aromatic N) is 2. The van der Waals surface area contributed by atoms with Gasteiger partial charge in [0.15, 0.2) is 0 Å². The summed E-state index contributed by atoms with van der Waals surface area (Å²) in [7, 11) is 1.68. The average Bonchev–Trinajstić information content (AvgIpc) is 3.48. The average molecular weight is 433 g/mol. The Labute approximate surface area is 181 Å². The lowest BCUT2D eigenvalue weighted by Gasteiger charge is -2.09. The molecule has 0 aliphatic carbocycles. The molecule has 0 fully saturated rings. The van der Waals surface area contributed by atoms with E-state index in [4.69, 9.17) is 9.15 Å². The third-order valence-corrected chi connectivity index (χ3v) is 4.88. The number of rotatable bonds is 4. The highest BCUT2D eigenvalue weighted by atomic mass is 35.5. The van der Waals surface area contributed by atoms with E-state index in [0.29, 0.717) is 0 Å². The van der Waals surface area contributed by atoms with E-state index in [1.54, 1.807) is 7.11 Å². The van der Waals surface area contributed by atoms with Crippen LogP contribution in [0.1, 0.15) is 11.1 Å². The van der Waals surface area contributed by atoms with Crippen LogP contribution in [-0.4, -0.2) is 45.0 Å². The largest absolute Gasteiger partial charge is 0.496 e. The van der Waals surface area contributed by atoms with Gasteiger partial charge < -0.3 is 19.8 Å². The summed E-state index contributed by atoms with van der Waals surface area (Å²) in [5, 5.41) is 7.67. The van der Waals surface area contributed by atoms with Crippen LogP contribution < -0.4 is 15.4 Å². The van der Waals surface area contributed by atoms with Crippen LogP contribution in [0.25, 0.3) is 22.3 Å². The minimum Gasteiger partial charge on any atom is -0.496 e. The molecule has 0 atom stereocenters. The SMILES string of the molecule is COc1ccc(C2=NCCN2)cc1-c1cc2ccc(C3=NCCN3)cc2o1.Cl.Cl. The quantitative estimate of drug-likeness (QED) is 0.659. The maximum absolute atomic E-state index is 6.19. The van der Waals surface area contributed by atoms with Crippen molar-refractivity contribution in [1.82, 2.24) is 10.6 Å². The molecule has 1 aromatic heterocycles. The predicted octanol–water partition coefficient (Wildman–Crippen LogP) is 3.65. The fraction of sp³-hybridized carbons (Fsp3) is 0.238. The number of ether oxygens (including phenoxy) is 1. The van der Waals surface area contributed by atoms with Gasteiger partial charge in [-0.1, -0.05) is 12.1 Å². The molecule has 0 saturated carbocycles. The van der Waals surface area contributed by atoms with Crippen LogP contribution in [0.3, 0.4) is 0 Å². The van der Waals surface area contributed by atoms with E-state index >= 15 is 0 Å². The molecule has 0 radical (unpaired) electrons. The maximum atomic E-state index is 6.19. The van der Waals surface area contributed by atoms with Crippen LogP contribution in [-0.2, 0) is 0 Å². The number of fused-ring (bicyclic) bond motifs is 1. The summed E-state index contributed by atoms with van der Waals surface area (Å²) in [5.41, 5.74) is 3.84. The van der Waals surface area contributed by atoms with Crippen LogP contribution in [0.2, 0.25) is 0 Å². The van der Waals surface area contributed by atoms with Crippen molar-refractivity contribution in [1.29, 1.82) is 0 Å². The molecule has 3 heterocycles. The van der Waals surface area contributed by atoms with Crippen molar-refractivity contribution in [2.24, 2.45) is 9.98 Å². The molecule has 2 aliphatic heterocycles. The van der Waals surface area contributed by atoms with Gasteiger partial charge in [0.25, 0.3) is 0 Å². The van der Waals surface area contributed by atoms with E-state index in [2.05, 4.69) is 44.9 Å². The number of amidine groups is 2. The topological polar surface area (TPSA) is 71.2 Å². The van der Waals surface area contributed by atoms with Crippen LogP contribution in [0.5, 0.6) is 5.75 Å². The van der Waals surface area contributed by atoms with Gasteiger partial charge in [-0.3, -0.25) is 9.98 Å². The summed E-state index contributed by atoms with van der Waals surface area (Å²) >= 11 is 0. The molecule has 152 valence electrons. The molecular weight excluding hydrogens is 411 g/mol. The monoisotopic (exact) mass is 432 g/mol. The lowest BCUT2D eigenvalue weighted by atomic mass is 10.1. The smallest absolute Gasteiger partial charge is 0.139 e. The van der Waals surface area contributed by atoms with Crippen molar-refractivity contribution in [3.63, 3.8) is 0 Å². The minimum atomic E-state index is 0. The lowest BCUT2D eigenvalue weighted by molar-refractivity contribution is 0.415. The summed E-state index contributed by atoms with van der Waals surface area (Å²) in [6.07, 6.45) is 0. The molecule has 0 unspecified atom stereocenters. The van der Waals surface area contributed by atoms with Gasteiger partial charge in [0.1, 0.15) is 28.8 Å². The van der Waals surface area contributed by atoms with E-state index in [9.17, 15) is 0 Å². The van der Waals surface area contributed by atoms with Gasteiger partial charge in [0.2, 0.25) is 0 Å². The third kappa shape index (κ3) is 3.91. The molecule has 6 nitrogen and oxygen atoms in total. The summed E-state index contributed by atoms with van der Waals surface area (Å²) in [4.78, 5) is 8.99. The standard InChI is InChI=1S/C21H20N4O2.2ClH/c1-26-17-5-4-14(20-22-6-7-23-20)10-16(17)19-11-13-2-3-15(12-18(13)27-19)21-24-8-9-25-21;;/h2-5,10-12H,6-9H2,1H3,(H,22,23)(H,24,25);2*1H. The van der Waals surface area contributed by atoms with Gasteiger partial charge >= 0.3 is 0 Å². The second-order valence-electron chi connectivity index (χ2n) is 6.59. The molecule has 2 aromatic carbocycles. The molecule has 0 amide bonds. The first-order valence-corrected chi connectivity index (χ1v) is 9.11. The van der Waals surface area contributed by atoms with Gasteiger partial charge in [-0.15, -0.1) is 24.8 Å². The highest BCUT2D eigenvalue weighted by molar-refractivity contribution is 6.03. The van der Waals surface area contributed by atoms with Crippen molar-refractivity contribution in [2.45, 2.75) is 0 Å². The zero-order valence-corrected chi connectivity index (χ0v) is 17.5. The highest BCUT2D eigenvalue weighted by Crippen LogP contribution is 2.35.